The van der Waals surface area contributed by atoms with E-state index in [-0.39, 0.29) is 11.9 Å². The molecule has 2 aliphatic rings. The molecular formula is C20H21FN4. The van der Waals surface area contributed by atoms with Crippen molar-refractivity contribution < 1.29 is 4.39 Å². The number of rotatable bonds is 3. The smallest absolute Gasteiger partial charge is 0.123 e. The fourth-order valence-corrected chi connectivity index (χ4v) is 4.17. The van der Waals surface area contributed by atoms with Gasteiger partial charge in [-0.2, -0.15) is 5.10 Å². The van der Waals surface area contributed by atoms with E-state index in [0.717, 1.165) is 35.5 Å². The summed E-state index contributed by atoms with van der Waals surface area (Å²) in [6.45, 7) is 1.03. The van der Waals surface area contributed by atoms with Crippen molar-refractivity contribution in [3.05, 3.63) is 54.5 Å². The molecule has 2 heterocycles. The Balaban J connectivity index is 1.52. The summed E-state index contributed by atoms with van der Waals surface area (Å²) in [7, 11) is 0. The zero-order chi connectivity index (χ0) is 17.0. The second-order valence-corrected chi connectivity index (χ2v) is 7.25. The molecule has 5 heteroatoms. The van der Waals surface area contributed by atoms with Crippen molar-refractivity contribution in [2.75, 3.05) is 11.4 Å². The highest BCUT2D eigenvalue weighted by molar-refractivity contribution is 5.84. The third-order valence-corrected chi connectivity index (χ3v) is 5.56. The normalized spacial score (nSPS) is 23.5. The van der Waals surface area contributed by atoms with Gasteiger partial charge >= 0.3 is 0 Å². The molecule has 2 N–H and O–H groups in total. The van der Waals surface area contributed by atoms with Gasteiger partial charge in [0.15, 0.2) is 0 Å². The van der Waals surface area contributed by atoms with E-state index in [2.05, 4.69) is 28.2 Å². The third kappa shape index (κ3) is 2.50. The lowest BCUT2D eigenvalue weighted by atomic mass is 10.0. The van der Waals surface area contributed by atoms with Crippen LogP contribution in [0.1, 0.15) is 19.3 Å². The van der Waals surface area contributed by atoms with Gasteiger partial charge in [0, 0.05) is 29.7 Å². The minimum Gasteiger partial charge on any atom is -0.367 e. The summed E-state index contributed by atoms with van der Waals surface area (Å²) < 4.78 is 15.0. The summed E-state index contributed by atoms with van der Waals surface area (Å²) in [6.07, 6.45) is 5.55. The number of fused-ring (bicyclic) bond motifs is 1. The van der Waals surface area contributed by atoms with Gasteiger partial charge in [-0.25, -0.2) is 9.07 Å². The van der Waals surface area contributed by atoms with E-state index in [4.69, 9.17) is 5.73 Å². The van der Waals surface area contributed by atoms with Gasteiger partial charge in [-0.1, -0.05) is 0 Å². The molecule has 1 aliphatic carbocycles. The summed E-state index contributed by atoms with van der Waals surface area (Å²) in [5.41, 5.74) is 9.49. The van der Waals surface area contributed by atoms with E-state index in [1.807, 2.05) is 10.9 Å². The summed E-state index contributed by atoms with van der Waals surface area (Å²) in [4.78, 5) is 2.48. The van der Waals surface area contributed by atoms with Crippen LogP contribution in [-0.4, -0.2) is 28.4 Å². The molecule has 0 spiro atoms. The average molecular weight is 336 g/mol. The summed E-state index contributed by atoms with van der Waals surface area (Å²) in [6, 6.07) is 13.7. The number of anilines is 1. The van der Waals surface area contributed by atoms with Crippen LogP contribution in [0.3, 0.4) is 0 Å². The van der Waals surface area contributed by atoms with E-state index < -0.39 is 0 Å². The maximum absolute atomic E-state index is 13.2. The predicted molar refractivity (Wildman–Crippen MR) is 97.5 cm³/mol. The van der Waals surface area contributed by atoms with Gasteiger partial charge in [-0.3, -0.25) is 0 Å². The molecule has 0 radical (unpaired) electrons. The first kappa shape index (κ1) is 14.9. The number of benzene rings is 2. The van der Waals surface area contributed by atoms with Crippen molar-refractivity contribution in [3.63, 3.8) is 0 Å². The summed E-state index contributed by atoms with van der Waals surface area (Å²) in [5.74, 6) is 0.522. The van der Waals surface area contributed by atoms with Crippen LogP contribution in [0.15, 0.2) is 48.7 Å². The van der Waals surface area contributed by atoms with Crippen molar-refractivity contribution in [1.29, 1.82) is 0 Å². The van der Waals surface area contributed by atoms with Crippen molar-refractivity contribution in [3.8, 4) is 5.69 Å². The van der Waals surface area contributed by atoms with E-state index in [1.165, 1.54) is 30.7 Å². The number of nitrogens with zero attached hydrogens (tertiary/aromatic N) is 3. The topological polar surface area (TPSA) is 47.1 Å². The van der Waals surface area contributed by atoms with Gasteiger partial charge in [-0.05, 0) is 67.6 Å². The van der Waals surface area contributed by atoms with Crippen molar-refractivity contribution >= 4 is 16.6 Å². The first-order valence-corrected chi connectivity index (χ1v) is 8.97. The van der Waals surface area contributed by atoms with Crippen LogP contribution in [0.2, 0.25) is 0 Å². The Labute approximate surface area is 146 Å². The zero-order valence-corrected chi connectivity index (χ0v) is 14.0. The Morgan fingerprint density at radius 3 is 2.52 bits per heavy atom. The first-order chi connectivity index (χ1) is 12.2. The number of aromatic nitrogens is 2. The standard InChI is InChI=1S/C20H21FN4/c21-15-3-5-16(6-4-15)25-19-8-7-17(11-14(19)12-23-25)24-10-9-18(22)20(24)13-1-2-13/h3-8,11-13,18,20H,1-2,9-10,22H2/t18-,20+/m0/s1. The van der Waals surface area contributed by atoms with Crippen molar-refractivity contribution in [2.24, 2.45) is 11.7 Å². The lowest BCUT2D eigenvalue weighted by Crippen LogP contribution is -2.41. The fraction of sp³-hybridized carbons (Fsp3) is 0.350. The van der Waals surface area contributed by atoms with E-state index in [9.17, 15) is 4.39 Å². The maximum atomic E-state index is 13.2. The quantitative estimate of drug-likeness (QED) is 0.796. The van der Waals surface area contributed by atoms with Crippen LogP contribution in [-0.2, 0) is 0 Å². The van der Waals surface area contributed by atoms with Crippen LogP contribution >= 0.6 is 0 Å². The molecule has 2 atom stereocenters. The molecule has 5 rings (SSSR count). The second kappa shape index (κ2) is 5.56. The Hall–Kier alpha value is -2.40. The van der Waals surface area contributed by atoms with Crippen LogP contribution in [0.25, 0.3) is 16.6 Å². The summed E-state index contributed by atoms with van der Waals surface area (Å²) in [5, 5.41) is 5.59. The molecule has 4 nitrogen and oxygen atoms in total. The zero-order valence-electron chi connectivity index (χ0n) is 14.0. The molecule has 2 fully saturated rings. The van der Waals surface area contributed by atoms with Gasteiger partial charge in [0.2, 0.25) is 0 Å². The molecule has 25 heavy (non-hydrogen) atoms. The molecule has 1 saturated carbocycles. The number of halogens is 1. The highest BCUT2D eigenvalue weighted by Crippen LogP contribution is 2.42. The summed E-state index contributed by atoms with van der Waals surface area (Å²) >= 11 is 0. The van der Waals surface area contributed by atoms with Crippen LogP contribution in [0.4, 0.5) is 10.1 Å². The molecule has 0 amide bonds. The molecule has 2 aromatic carbocycles. The minimum atomic E-state index is -0.237. The highest BCUT2D eigenvalue weighted by atomic mass is 19.1. The average Bonchev–Trinajstić information content (AvgIpc) is 3.25. The molecule has 3 aromatic rings. The lowest BCUT2D eigenvalue weighted by Gasteiger charge is -2.29. The Bertz CT molecular complexity index is 913. The molecule has 1 saturated heterocycles. The number of nitrogens with two attached hydrogens (primary N) is 1. The Morgan fingerprint density at radius 1 is 1.00 bits per heavy atom. The van der Waals surface area contributed by atoms with Crippen molar-refractivity contribution in [1.82, 2.24) is 9.78 Å². The largest absolute Gasteiger partial charge is 0.367 e. The lowest BCUT2D eigenvalue weighted by molar-refractivity contribution is 0.525. The van der Waals surface area contributed by atoms with Gasteiger partial charge in [0.1, 0.15) is 5.82 Å². The maximum Gasteiger partial charge on any atom is 0.123 e. The molecular weight excluding hydrogens is 315 g/mol. The van der Waals surface area contributed by atoms with Crippen LogP contribution in [0, 0.1) is 11.7 Å². The molecule has 1 aromatic heterocycles. The second-order valence-electron chi connectivity index (χ2n) is 7.25. The fourth-order valence-electron chi connectivity index (χ4n) is 4.17. The van der Waals surface area contributed by atoms with E-state index in [1.54, 1.807) is 12.1 Å². The molecule has 1 aliphatic heterocycles. The SMILES string of the molecule is N[C@H]1CCN(c2ccc3c(cnn3-c3ccc(F)cc3)c2)[C@@H]1C1CC1. The highest BCUT2D eigenvalue weighted by Gasteiger charge is 2.42. The Kier molecular flexibility index (Phi) is 3.31. The molecule has 0 unspecified atom stereocenters. The third-order valence-electron chi connectivity index (χ3n) is 5.56. The van der Waals surface area contributed by atoms with Gasteiger partial charge in [0.25, 0.3) is 0 Å². The Morgan fingerprint density at radius 2 is 1.76 bits per heavy atom. The first-order valence-electron chi connectivity index (χ1n) is 8.97. The minimum absolute atomic E-state index is 0.237. The molecule has 128 valence electrons. The van der Waals surface area contributed by atoms with E-state index in [0.29, 0.717) is 6.04 Å². The van der Waals surface area contributed by atoms with Gasteiger partial charge < -0.3 is 10.6 Å². The number of hydrogen-bond donors (Lipinski definition) is 1. The van der Waals surface area contributed by atoms with E-state index >= 15 is 0 Å². The van der Waals surface area contributed by atoms with Crippen molar-refractivity contribution in [2.45, 2.75) is 31.3 Å². The molecule has 0 bridgehead atoms. The van der Waals surface area contributed by atoms with Crippen LogP contribution in [0.5, 0.6) is 0 Å². The van der Waals surface area contributed by atoms with Crippen LogP contribution < -0.4 is 10.6 Å². The predicted octanol–water partition coefficient (Wildman–Crippen LogP) is 3.48. The van der Waals surface area contributed by atoms with Gasteiger partial charge in [-0.15, -0.1) is 0 Å². The number of hydrogen-bond acceptors (Lipinski definition) is 3. The van der Waals surface area contributed by atoms with Gasteiger partial charge in [0.05, 0.1) is 17.4 Å². The monoisotopic (exact) mass is 336 g/mol.